The number of nitrogen functional groups attached to an aromatic ring is 1. The van der Waals surface area contributed by atoms with E-state index in [1.807, 2.05) is 13.8 Å². The number of hydrazine groups is 1. The summed E-state index contributed by atoms with van der Waals surface area (Å²) in [5.74, 6) is 0.0852. The Hall–Kier alpha value is -4.08. The van der Waals surface area contributed by atoms with Gasteiger partial charge in [-0.1, -0.05) is 13.8 Å². The summed E-state index contributed by atoms with van der Waals surface area (Å²) in [5.41, 5.74) is 12.5. The average Bonchev–Trinajstić information content (AvgIpc) is 3.28. The Morgan fingerprint density at radius 3 is 2.53 bits per heavy atom. The predicted octanol–water partition coefficient (Wildman–Crippen LogP) is 2.97. The van der Waals surface area contributed by atoms with Crippen molar-refractivity contribution in [3.05, 3.63) is 60.3 Å². The highest BCUT2D eigenvalue weighted by atomic mass is 16.5. The van der Waals surface area contributed by atoms with Crippen LogP contribution in [0.1, 0.15) is 34.8 Å². The number of nitrogens with zero attached hydrogens (tertiary/aromatic N) is 2. The standard InChI is InChI=1S/C20H22N6O4/c1-12(2)10-30-20(28)13-5-7-14(8-6-13)24-17-16(21)18(23-11-22-17)25-26-19(27)15-4-3-9-29-15/h3-9,11-12H,10,21H2,1-2H3,(H,26,27)(H2,22,23,24,25). The molecule has 0 unspecified atom stereocenters. The summed E-state index contributed by atoms with van der Waals surface area (Å²) in [6.45, 7) is 4.30. The minimum absolute atomic E-state index is 0.139. The second-order valence-corrected chi connectivity index (χ2v) is 6.74. The maximum Gasteiger partial charge on any atom is 0.338 e. The van der Waals surface area contributed by atoms with Gasteiger partial charge in [0.25, 0.3) is 0 Å². The van der Waals surface area contributed by atoms with E-state index in [0.717, 1.165) is 0 Å². The molecule has 3 aromatic rings. The zero-order chi connectivity index (χ0) is 21.5. The molecule has 30 heavy (non-hydrogen) atoms. The maximum absolute atomic E-state index is 12.0. The lowest BCUT2D eigenvalue weighted by atomic mass is 10.2. The molecule has 3 rings (SSSR count). The SMILES string of the molecule is CC(C)COC(=O)c1ccc(Nc2ncnc(NNC(=O)c3ccco3)c2N)cc1. The van der Waals surface area contributed by atoms with Crippen molar-refractivity contribution >= 4 is 34.9 Å². The Morgan fingerprint density at radius 2 is 1.87 bits per heavy atom. The fraction of sp³-hybridized carbons (Fsp3) is 0.200. The smallest absolute Gasteiger partial charge is 0.338 e. The van der Waals surface area contributed by atoms with Gasteiger partial charge in [-0.25, -0.2) is 14.8 Å². The number of nitrogens with two attached hydrogens (primary N) is 1. The molecular formula is C20H22N6O4. The van der Waals surface area contributed by atoms with Gasteiger partial charge in [-0.2, -0.15) is 0 Å². The van der Waals surface area contributed by atoms with Crippen LogP contribution in [0.15, 0.2) is 53.4 Å². The maximum atomic E-state index is 12.0. The Bertz CT molecular complexity index is 1000. The number of hydrogen-bond donors (Lipinski definition) is 4. The molecule has 0 atom stereocenters. The molecule has 0 spiro atoms. The van der Waals surface area contributed by atoms with E-state index in [1.54, 1.807) is 30.3 Å². The number of amides is 1. The van der Waals surface area contributed by atoms with E-state index in [0.29, 0.717) is 23.7 Å². The van der Waals surface area contributed by atoms with Crippen molar-refractivity contribution in [2.24, 2.45) is 5.92 Å². The second-order valence-electron chi connectivity index (χ2n) is 6.74. The van der Waals surface area contributed by atoms with Gasteiger partial charge in [-0.15, -0.1) is 0 Å². The minimum Gasteiger partial charge on any atom is -0.462 e. The molecule has 1 aromatic carbocycles. The van der Waals surface area contributed by atoms with Crippen LogP contribution in [0.3, 0.4) is 0 Å². The number of nitrogens with one attached hydrogen (secondary N) is 3. The van der Waals surface area contributed by atoms with E-state index < -0.39 is 5.91 Å². The van der Waals surface area contributed by atoms with Crippen molar-refractivity contribution < 1.29 is 18.7 Å². The van der Waals surface area contributed by atoms with Crippen molar-refractivity contribution in [2.45, 2.75) is 13.8 Å². The molecule has 0 radical (unpaired) electrons. The zero-order valence-electron chi connectivity index (χ0n) is 16.5. The fourth-order valence-electron chi connectivity index (χ4n) is 2.33. The van der Waals surface area contributed by atoms with Crippen molar-refractivity contribution in [2.75, 3.05) is 23.1 Å². The fourth-order valence-corrected chi connectivity index (χ4v) is 2.33. The molecule has 0 bridgehead atoms. The lowest BCUT2D eigenvalue weighted by molar-refractivity contribution is 0.0459. The monoisotopic (exact) mass is 410 g/mol. The van der Waals surface area contributed by atoms with Crippen LogP contribution in [-0.4, -0.2) is 28.5 Å². The summed E-state index contributed by atoms with van der Waals surface area (Å²) in [4.78, 5) is 32.0. The van der Waals surface area contributed by atoms with Crippen LogP contribution in [0.2, 0.25) is 0 Å². The number of benzene rings is 1. The molecule has 5 N–H and O–H groups in total. The molecule has 0 saturated heterocycles. The van der Waals surface area contributed by atoms with Gasteiger partial charge >= 0.3 is 11.9 Å². The van der Waals surface area contributed by atoms with Crippen molar-refractivity contribution in [3.8, 4) is 0 Å². The highest BCUT2D eigenvalue weighted by Crippen LogP contribution is 2.25. The van der Waals surface area contributed by atoms with Gasteiger partial charge in [0.15, 0.2) is 17.4 Å². The van der Waals surface area contributed by atoms with E-state index in [-0.39, 0.29) is 29.2 Å². The summed E-state index contributed by atoms with van der Waals surface area (Å²) in [5, 5.41) is 3.04. The number of anilines is 4. The molecule has 0 fully saturated rings. The molecule has 156 valence electrons. The minimum atomic E-state index is -0.479. The number of furan rings is 1. The van der Waals surface area contributed by atoms with Crippen molar-refractivity contribution in [3.63, 3.8) is 0 Å². The van der Waals surface area contributed by atoms with E-state index in [1.165, 1.54) is 18.7 Å². The third-order valence-electron chi connectivity index (χ3n) is 3.85. The quantitative estimate of drug-likeness (QED) is 0.325. The summed E-state index contributed by atoms with van der Waals surface area (Å²) in [6, 6.07) is 9.83. The molecule has 0 aliphatic carbocycles. The van der Waals surface area contributed by atoms with Gasteiger partial charge < -0.3 is 20.2 Å². The topological polar surface area (TPSA) is 144 Å². The zero-order valence-corrected chi connectivity index (χ0v) is 16.5. The third-order valence-corrected chi connectivity index (χ3v) is 3.85. The normalized spacial score (nSPS) is 10.5. The first-order valence-corrected chi connectivity index (χ1v) is 9.18. The Morgan fingerprint density at radius 1 is 1.13 bits per heavy atom. The summed E-state index contributed by atoms with van der Waals surface area (Å²) in [6.07, 6.45) is 2.68. The largest absolute Gasteiger partial charge is 0.462 e. The number of ether oxygens (including phenoxy) is 1. The molecule has 1 amide bonds. The van der Waals surface area contributed by atoms with Crippen LogP contribution in [0, 0.1) is 5.92 Å². The van der Waals surface area contributed by atoms with Crippen LogP contribution >= 0.6 is 0 Å². The molecule has 0 aliphatic rings. The van der Waals surface area contributed by atoms with Crippen LogP contribution in [-0.2, 0) is 4.74 Å². The molecule has 10 nitrogen and oxygen atoms in total. The van der Waals surface area contributed by atoms with Gasteiger partial charge in [0.05, 0.1) is 18.4 Å². The number of esters is 1. The van der Waals surface area contributed by atoms with Crippen LogP contribution in [0.25, 0.3) is 0 Å². The number of aromatic nitrogens is 2. The molecule has 0 aliphatic heterocycles. The average molecular weight is 410 g/mol. The molecular weight excluding hydrogens is 388 g/mol. The first-order chi connectivity index (χ1) is 14.4. The van der Waals surface area contributed by atoms with Crippen molar-refractivity contribution in [1.29, 1.82) is 0 Å². The number of hydrogen-bond acceptors (Lipinski definition) is 9. The number of rotatable bonds is 8. The van der Waals surface area contributed by atoms with E-state index in [4.69, 9.17) is 14.9 Å². The van der Waals surface area contributed by atoms with Crippen LogP contribution in [0.5, 0.6) is 0 Å². The Kier molecular flexibility index (Phi) is 6.48. The van der Waals surface area contributed by atoms with Gasteiger partial charge in [0.2, 0.25) is 0 Å². The third kappa shape index (κ3) is 5.25. The van der Waals surface area contributed by atoms with Crippen molar-refractivity contribution in [1.82, 2.24) is 15.4 Å². The predicted molar refractivity (Wildman–Crippen MR) is 111 cm³/mol. The summed E-state index contributed by atoms with van der Waals surface area (Å²) < 4.78 is 10.2. The first kappa shape index (κ1) is 20.6. The van der Waals surface area contributed by atoms with Crippen LogP contribution < -0.4 is 21.9 Å². The second kappa shape index (κ2) is 9.41. The van der Waals surface area contributed by atoms with E-state index in [2.05, 4.69) is 26.1 Å². The Labute approximate surface area is 172 Å². The van der Waals surface area contributed by atoms with Gasteiger partial charge in [0.1, 0.15) is 12.0 Å². The molecule has 10 heteroatoms. The highest BCUT2D eigenvalue weighted by Gasteiger charge is 2.13. The molecule has 0 saturated carbocycles. The lowest BCUT2D eigenvalue weighted by Crippen LogP contribution is -2.30. The van der Waals surface area contributed by atoms with Gasteiger partial charge in [-0.3, -0.25) is 15.6 Å². The number of carbonyl (C=O) groups excluding carboxylic acids is 2. The van der Waals surface area contributed by atoms with E-state index in [9.17, 15) is 9.59 Å². The number of carbonyl (C=O) groups is 2. The Balaban J connectivity index is 1.63. The van der Waals surface area contributed by atoms with E-state index >= 15 is 0 Å². The lowest BCUT2D eigenvalue weighted by Gasteiger charge is -2.13. The summed E-state index contributed by atoms with van der Waals surface area (Å²) >= 11 is 0. The van der Waals surface area contributed by atoms with Crippen LogP contribution in [0.4, 0.5) is 23.0 Å². The summed E-state index contributed by atoms with van der Waals surface area (Å²) in [7, 11) is 0. The molecule has 2 aromatic heterocycles. The highest BCUT2D eigenvalue weighted by molar-refractivity contribution is 5.92. The first-order valence-electron chi connectivity index (χ1n) is 9.18. The molecule has 2 heterocycles. The van der Waals surface area contributed by atoms with Gasteiger partial charge in [0, 0.05) is 5.69 Å². The van der Waals surface area contributed by atoms with Gasteiger partial charge in [-0.05, 0) is 42.3 Å².